The third-order valence-corrected chi connectivity index (χ3v) is 5.20. The fourth-order valence-corrected chi connectivity index (χ4v) is 3.39. The van der Waals surface area contributed by atoms with E-state index in [1.54, 1.807) is 0 Å². The standard InChI is InChI=1S/C14H10BrClFNO4S/c1-22-14(19)9-7-8(5-6-10(9)15)23(20,21)18-12-4-2-3-11(16)13(12)17/h2-7,18H,1H3. The van der Waals surface area contributed by atoms with E-state index in [1.807, 2.05) is 0 Å². The number of esters is 1. The number of hydrogen-bond donors (Lipinski definition) is 1. The highest BCUT2D eigenvalue weighted by molar-refractivity contribution is 9.10. The Hall–Kier alpha value is -1.64. The highest BCUT2D eigenvalue weighted by Crippen LogP contribution is 2.26. The summed E-state index contributed by atoms with van der Waals surface area (Å²) in [6, 6.07) is 7.71. The van der Waals surface area contributed by atoms with Gasteiger partial charge in [-0.05, 0) is 46.3 Å². The van der Waals surface area contributed by atoms with Crippen molar-refractivity contribution >= 4 is 49.2 Å². The number of rotatable bonds is 4. The number of carbonyl (C=O) groups excluding carboxylic acids is 1. The summed E-state index contributed by atoms with van der Waals surface area (Å²) in [6.45, 7) is 0. The molecule has 0 saturated heterocycles. The van der Waals surface area contributed by atoms with Gasteiger partial charge in [0, 0.05) is 4.47 Å². The summed E-state index contributed by atoms with van der Waals surface area (Å²) < 4.78 is 45.6. The summed E-state index contributed by atoms with van der Waals surface area (Å²) >= 11 is 8.75. The molecule has 0 aliphatic heterocycles. The molecule has 0 aliphatic rings. The molecule has 0 spiro atoms. The molecule has 23 heavy (non-hydrogen) atoms. The first-order chi connectivity index (χ1) is 10.8. The summed E-state index contributed by atoms with van der Waals surface area (Å²) in [5, 5.41) is -0.212. The van der Waals surface area contributed by atoms with Crippen LogP contribution in [0.2, 0.25) is 5.02 Å². The average Bonchev–Trinajstić information content (AvgIpc) is 2.51. The van der Waals surface area contributed by atoms with Crippen LogP contribution in [0.3, 0.4) is 0 Å². The van der Waals surface area contributed by atoms with Crippen LogP contribution in [0.4, 0.5) is 10.1 Å². The predicted molar refractivity (Wildman–Crippen MR) is 87.7 cm³/mol. The maximum atomic E-state index is 13.8. The van der Waals surface area contributed by atoms with Gasteiger partial charge >= 0.3 is 5.97 Å². The van der Waals surface area contributed by atoms with Gasteiger partial charge in [-0.2, -0.15) is 0 Å². The Morgan fingerprint density at radius 2 is 2.00 bits per heavy atom. The quantitative estimate of drug-likeness (QED) is 0.760. The van der Waals surface area contributed by atoms with E-state index in [9.17, 15) is 17.6 Å². The zero-order valence-corrected chi connectivity index (χ0v) is 14.8. The molecule has 2 aromatic rings. The fourth-order valence-electron chi connectivity index (χ4n) is 1.72. The summed E-state index contributed by atoms with van der Waals surface area (Å²) in [6.07, 6.45) is 0. The summed E-state index contributed by atoms with van der Waals surface area (Å²) in [5.41, 5.74) is -0.262. The lowest BCUT2D eigenvalue weighted by atomic mass is 10.2. The number of benzene rings is 2. The number of sulfonamides is 1. The van der Waals surface area contributed by atoms with Gasteiger partial charge in [0.2, 0.25) is 0 Å². The van der Waals surface area contributed by atoms with E-state index in [4.69, 9.17) is 11.6 Å². The predicted octanol–water partition coefficient (Wildman–Crippen LogP) is 3.83. The molecule has 0 saturated carbocycles. The maximum absolute atomic E-state index is 13.8. The largest absolute Gasteiger partial charge is 0.465 e. The van der Waals surface area contributed by atoms with Crippen LogP contribution in [-0.4, -0.2) is 21.5 Å². The van der Waals surface area contributed by atoms with Crippen molar-refractivity contribution in [1.29, 1.82) is 0 Å². The van der Waals surface area contributed by atoms with Gasteiger partial charge in [-0.25, -0.2) is 17.6 Å². The molecule has 0 aromatic heterocycles. The molecule has 122 valence electrons. The molecule has 0 aliphatic carbocycles. The van der Waals surface area contributed by atoms with Crippen LogP contribution in [0.25, 0.3) is 0 Å². The number of carbonyl (C=O) groups is 1. The number of ether oxygens (including phenoxy) is 1. The second-order valence-corrected chi connectivity index (χ2v) is 7.28. The first-order valence-corrected chi connectivity index (χ1v) is 8.76. The van der Waals surface area contributed by atoms with Gasteiger partial charge in [-0.3, -0.25) is 4.72 Å². The van der Waals surface area contributed by atoms with Gasteiger partial charge in [0.25, 0.3) is 10.0 Å². The molecule has 0 fully saturated rings. The summed E-state index contributed by atoms with van der Waals surface area (Å²) in [5.74, 6) is -1.59. The Kier molecular flexibility index (Phi) is 5.28. The molecule has 2 rings (SSSR count). The van der Waals surface area contributed by atoms with Crippen molar-refractivity contribution in [3.63, 3.8) is 0 Å². The second-order valence-electron chi connectivity index (χ2n) is 4.34. The SMILES string of the molecule is COC(=O)c1cc(S(=O)(=O)Nc2cccc(Cl)c2F)ccc1Br. The van der Waals surface area contributed by atoms with Crippen LogP contribution >= 0.6 is 27.5 Å². The number of anilines is 1. The normalized spacial score (nSPS) is 11.1. The van der Waals surface area contributed by atoms with Crippen LogP contribution in [0.15, 0.2) is 45.8 Å². The molecule has 2 aromatic carbocycles. The topological polar surface area (TPSA) is 72.5 Å². The van der Waals surface area contributed by atoms with Crippen LogP contribution in [0.1, 0.15) is 10.4 Å². The molecule has 9 heteroatoms. The number of methoxy groups -OCH3 is 1. The maximum Gasteiger partial charge on any atom is 0.339 e. The summed E-state index contributed by atoms with van der Waals surface area (Å²) in [4.78, 5) is 11.4. The lowest BCUT2D eigenvalue weighted by Gasteiger charge is -2.11. The molecule has 5 nitrogen and oxygen atoms in total. The van der Waals surface area contributed by atoms with Crippen LogP contribution in [0, 0.1) is 5.82 Å². The Morgan fingerprint density at radius 1 is 1.30 bits per heavy atom. The fraction of sp³-hybridized carbons (Fsp3) is 0.0714. The first-order valence-electron chi connectivity index (χ1n) is 6.11. The van der Waals surface area contributed by atoms with E-state index < -0.39 is 21.8 Å². The van der Waals surface area contributed by atoms with Gasteiger partial charge in [-0.1, -0.05) is 17.7 Å². The monoisotopic (exact) mass is 421 g/mol. The highest BCUT2D eigenvalue weighted by Gasteiger charge is 2.20. The van der Waals surface area contributed by atoms with Crippen LogP contribution in [0.5, 0.6) is 0 Å². The van der Waals surface area contributed by atoms with Crippen LogP contribution in [-0.2, 0) is 14.8 Å². The first kappa shape index (κ1) is 17.7. The number of hydrogen-bond acceptors (Lipinski definition) is 4. The van der Waals surface area contributed by atoms with Crippen molar-refractivity contribution in [2.45, 2.75) is 4.90 Å². The summed E-state index contributed by atoms with van der Waals surface area (Å²) in [7, 11) is -2.93. The molecule has 0 amide bonds. The van der Waals surface area contributed by atoms with Gasteiger partial charge < -0.3 is 4.74 Å². The highest BCUT2D eigenvalue weighted by atomic mass is 79.9. The third-order valence-electron chi connectivity index (χ3n) is 2.85. The smallest absolute Gasteiger partial charge is 0.339 e. The Balaban J connectivity index is 2.44. The number of nitrogens with one attached hydrogen (secondary N) is 1. The van der Waals surface area contributed by atoms with Crippen molar-refractivity contribution in [2.24, 2.45) is 0 Å². The zero-order chi connectivity index (χ0) is 17.2. The van der Waals surface area contributed by atoms with Crippen LogP contribution < -0.4 is 4.72 Å². The molecular weight excluding hydrogens is 413 g/mol. The van der Waals surface area contributed by atoms with Crippen molar-refractivity contribution in [2.75, 3.05) is 11.8 Å². The molecular formula is C14H10BrClFNO4S. The number of halogens is 3. The second kappa shape index (κ2) is 6.86. The van der Waals surface area contributed by atoms with Gasteiger partial charge in [0.15, 0.2) is 5.82 Å². The van der Waals surface area contributed by atoms with E-state index in [2.05, 4.69) is 25.4 Å². The zero-order valence-electron chi connectivity index (χ0n) is 11.6. The van der Waals surface area contributed by atoms with E-state index in [1.165, 1.54) is 37.4 Å². The van der Waals surface area contributed by atoms with E-state index >= 15 is 0 Å². The van der Waals surface area contributed by atoms with Crippen molar-refractivity contribution in [1.82, 2.24) is 0 Å². The molecule has 0 radical (unpaired) electrons. The minimum absolute atomic E-state index is 0.0296. The Bertz CT molecular complexity index is 873. The van der Waals surface area contributed by atoms with E-state index in [0.29, 0.717) is 4.47 Å². The lowest BCUT2D eigenvalue weighted by molar-refractivity contribution is 0.0599. The van der Waals surface area contributed by atoms with E-state index in [0.717, 1.165) is 6.07 Å². The Labute approximate surface area is 145 Å². The van der Waals surface area contributed by atoms with Crippen molar-refractivity contribution in [3.8, 4) is 0 Å². The molecule has 0 atom stereocenters. The van der Waals surface area contributed by atoms with Crippen molar-refractivity contribution < 1.29 is 22.3 Å². The van der Waals surface area contributed by atoms with Crippen molar-refractivity contribution in [3.05, 3.63) is 57.3 Å². The minimum atomic E-state index is -4.11. The van der Waals surface area contributed by atoms with Gasteiger partial charge in [0.1, 0.15) is 0 Å². The lowest BCUT2D eigenvalue weighted by Crippen LogP contribution is -2.15. The van der Waals surface area contributed by atoms with Gasteiger partial charge in [-0.15, -0.1) is 0 Å². The molecule has 0 heterocycles. The molecule has 0 unspecified atom stereocenters. The van der Waals surface area contributed by atoms with E-state index in [-0.39, 0.29) is 21.2 Å². The average molecular weight is 423 g/mol. The van der Waals surface area contributed by atoms with Gasteiger partial charge in [0.05, 0.1) is 28.3 Å². The molecule has 1 N–H and O–H groups in total. The minimum Gasteiger partial charge on any atom is -0.465 e. The molecule has 0 bridgehead atoms. The Morgan fingerprint density at radius 3 is 2.65 bits per heavy atom. The third kappa shape index (κ3) is 3.82.